The zero-order chi connectivity index (χ0) is 13.7. The van der Waals surface area contributed by atoms with E-state index >= 15 is 0 Å². The van der Waals surface area contributed by atoms with E-state index in [-0.39, 0.29) is 12.0 Å². The zero-order valence-corrected chi connectivity index (χ0v) is 11.5. The Bertz CT molecular complexity index is 498. The molecule has 5 nitrogen and oxygen atoms in total. The number of nitrogens with zero attached hydrogens (tertiary/aromatic N) is 2. The van der Waals surface area contributed by atoms with Gasteiger partial charge in [-0.2, -0.15) is 4.98 Å². The Morgan fingerprint density at radius 3 is 2.68 bits per heavy atom. The lowest BCUT2D eigenvalue weighted by Gasteiger charge is -2.14. The Kier molecular flexibility index (Phi) is 4.52. The van der Waals surface area contributed by atoms with Crippen molar-refractivity contribution in [3.8, 4) is 5.75 Å². The summed E-state index contributed by atoms with van der Waals surface area (Å²) in [6, 6.07) is 9.87. The third kappa shape index (κ3) is 3.54. The minimum Gasteiger partial charge on any atom is -0.485 e. The van der Waals surface area contributed by atoms with Crippen LogP contribution in [-0.4, -0.2) is 23.2 Å². The van der Waals surface area contributed by atoms with E-state index in [0.717, 1.165) is 5.75 Å². The fourth-order valence-electron chi connectivity index (χ4n) is 1.64. The van der Waals surface area contributed by atoms with Crippen LogP contribution in [0.3, 0.4) is 0 Å². The van der Waals surface area contributed by atoms with Gasteiger partial charge >= 0.3 is 0 Å². The number of likely N-dealkylation sites (N-methyl/N-ethyl adjacent to an activating group) is 1. The molecule has 2 atom stereocenters. The summed E-state index contributed by atoms with van der Waals surface area (Å²) in [5.74, 6) is 2.16. The van der Waals surface area contributed by atoms with Crippen LogP contribution in [0.25, 0.3) is 0 Å². The zero-order valence-electron chi connectivity index (χ0n) is 11.5. The molecule has 19 heavy (non-hydrogen) atoms. The predicted molar refractivity (Wildman–Crippen MR) is 72.0 cm³/mol. The average Bonchev–Trinajstić information content (AvgIpc) is 2.93. The molecule has 0 spiro atoms. The van der Waals surface area contributed by atoms with Gasteiger partial charge in [0.05, 0.1) is 5.92 Å². The lowest BCUT2D eigenvalue weighted by atomic mass is 10.0. The average molecular weight is 261 g/mol. The van der Waals surface area contributed by atoms with Gasteiger partial charge in [0.1, 0.15) is 5.75 Å². The maximum Gasteiger partial charge on any atom is 0.231 e. The number of para-hydroxylation sites is 1. The summed E-state index contributed by atoms with van der Waals surface area (Å²) in [4.78, 5) is 4.35. The largest absolute Gasteiger partial charge is 0.485 e. The molecule has 0 aliphatic heterocycles. The Balaban J connectivity index is 1.94. The summed E-state index contributed by atoms with van der Waals surface area (Å²) >= 11 is 0. The Labute approximate surface area is 113 Å². The highest BCUT2D eigenvalue weighted by atomic mass is 16.5. The van der Waals surface area contributed by atoms with E-state index in [0.29, 0.717) is 18.3 Å². The molecule has 5 heteroatoms. The summed E-state index contributed by atoms with van der Waals surface area (Å²) in [7, 11) is 1.91. The molecule has 0 amide bonds. The highest BCUT2D eigenvalue weighted by Gasteiger charge is 2.19. The molecule has 2 rings (SSSR count). The van der Waals surface area contributed by atoms with Crippen molar-refractivity contribution < 1.29 is 9.26 Å². The molecule has 2 aromatic rings. The van der Waals surface area contributed by atoms with Crippen LogP contribution >= 0.6 is 0 Å². The smallest absolute Gasteiger partial charge is 0.231 e. The second-order valence-electron chi connectivity index (χ2n) is 4.52. The van der Waals surface area contributed by atoms with Crippen LogP contribution in [-0.2, 0) is 6.61 Å². The Morgan fingerprint density at radius 2 is 2.00 bits per heavy atom. The third-order valence-corrected chi connectivity index (χ3v) is 3.19. The van der Waals surface area contributed by atoms with E-state index in [4.69, 9.17) is 9.26 Å². The summed E-state index contributed by atoms with van der Waals surface area (Å²) in [5, 5.41) is 7.10. The summed E-state index contributed by atoms with van der Waals surface area (Å²) in [5.41, 5.74) is 0. The van der Waals surface area contributed by atoms with Crippen molar-refractivity contribution >= 4 is 0 Å². The topological polar surface area (TPSA) is 60.2 Å². The molecule has 0 saturated heterocycles. The first-order chi connectivity index (χ1) is 9.20. The van der Waals surface area contributed by atoms with Crippen LogP contribution in [0.5, 0.6) is 5.75 Å². The first-order valence-corrected chi connectivity index (χ1v) is 6.38. The molecule has 0 radical (unpaired) electrons. The minimum absolute atomic E-state index is 0.169. The Morgan fingerprint density at radius 1 is 1.26 bits per heavy atom. The molecule has 0 bridgehead atoms. The summed E-state index contributed by atoms with van der Waals surface area (Å²) < 4.78 is 10.8. The van der Waals surface area contributed by atoms with Gasteiger partial charge in [0.25, 0.3) is 0 Å². The van der Waals surface area contributed by atoms with Crippen molar-refractivity contribution in [2.45, 2.75) is 32.4 Å². The van der Waals surface area contributed by atoms with Crippen molar-refractivity contribution in [1.82, 2.24) is 15.5 Å². The van der Waals surface area contributed by atoms with Gasteiger partial charge < -0.3 is 14.6 Å². The lowest BCUT2D eigenvalue weighted by Crippen LogP contribution is -2.27. The van der Waals surface area contributed by atoms with Gasteiger partial charge in [-0.15, -0.1) is 0 Å². The summed E-state index contributed by atoms with van der Waals surface area (Å²) in [6.07, 6.45) is 0. The molecule has 1 aromatic heterocycles. The molecule has 0 aliphatic carbocycles. The quantitative estimate of drug-likeness (QED) is 0.865. The number of benzene rings is 1. The molecule has 0 aliphatic rings. The first-order valence-electron chi connectivity index (χ1n) is 6.38. The Hall–Kier alpha value is -1.88. The van der Waals surface area contributed by atoms with Crippen molar-refractivity contribution in [3.05, 3.63) is 42.0 Å². The van der Waals surface area contributed by atoms with Crippen molar-refractivity contribution in [3.63, 3.8) is 0 Å². The van der Waals surface area contributed by atoms with Crippen LogP contribution in [0.2, 0.25) is 0 Å². The van der Waals surface area contributed by atoms with Gasteiger partial charge in [-0.1, -0.05) is 30.3 Å². The molecule has 1 heterocycles. The molecule has 0 saturated carbocycles. The molecule has 1 aromatic carbocycles. The molecule has 2 unspecified atom stereocenters. The molecular formula is C14H19N3O2. The second kappa shape index (κ2) is 6.33. The van der Waals surface area contributed by atoms with E-state index in [1.54, 1.807) is 0 Å². The highest BCUT2D eigenvalue weighted by Crippen LogP contribution is 2.17. The number of aromatic nitrogens is 2. The third-order valence-electron chi connectivity index (χ3n) is 3.19. The van der Waals surface area contributed by atoms with Crippen molar-refractivity contribution in [2.24, 2.45) is 0 Å². The van der Waals surface area contributed by atoms with Crippen LogP contribution in [0.1, 0.15) is 31.5 Å². The highest BCUT2D eigenvalue weighted by molar-refractivity contribution is 5.20. The molecule has 102 valence electrons. The monoisotopic (exact) mass is 261 g/mol. The number of nitrogens with one attached hydrogen (secondary N) is 1. The molecule has 0 fully saturated rings. The van der Waals surface area contributed by atoms with Crippen molar-refractivity contribution in [2.75, 3.05) is 7.05 Å². The van der Waals surface area contributed by atoms with Gasteiger partial charge in [0, 0.05) is 6.04 Å². The fraction of sp³-hybridized carbons (Fsp3) is 0.429. The van der Waals surface area contributed by atoms with Crippen LogP contribution in [0, 0.1) is 0 Å². The van der Waals surface area contributed by atoms with Gasteiger partial charge in [0.15, 0.2) is 6.61 Å². The van der Waals surface area contributed by atoms with E-state index in [9.17, 15) is 0 Å². The number of hydrogen-bond acceptors (Lipinski definition) is 5. The maximum absolute atomic E-state index is 5.57. The summed E-state index contributed by atoms with van der Waals surface area (Å²) in [6.45, 7) is 4.44. The van der Waals surface area contributed by atoms with E-state index in [2.05, 4.69) is 29.3 Å². The van der Waals surface area contributed by atoms with Gasteiger partial charge in [-0.25, -0.2) is 0 Å². The van der Waals surface area contributed by atoms with Gasteiger partial charge in [-0.05, 0) is 26.1 Å². The van der Waals surface area contributed by atoms with Crippen molar-refractivity contribution in [1.29, 1.82) is 0 Å². The lowest BCUT2D eigenvalue weighted by molar-refractivity contribution is 0.282. The van der Waals surface area contributed by atoms with Crippen LogP contribution in [0.15, 0.2) is 34.9 Å². The standard InChI is InChI=1S/C14H19N3O2/c1-10(11(2)15-3)14-16-13(17-19-14)9-18-12-7-5-4-6-8-12/h4-8,10-11,15H,9H2,1-3H3. The SMILES string of the molecule is CNC(C)C(C)c1nc(COc2ccccc2)no1. The van der Waals surface area contributed by atoms with Gasteiger partial charge in [0.2, 0.25) is 11.7 Å². The predicted octanol–water partition coefficient (Wildman–Crippen LogP) is 2.36. The number of ether oxygens (including phenoxy) is 1. The van der Waals surface area contributed by atoms with E-state index in [1.165, 1.54) is 0 Å². The molecule has 1 N–H and O–H groups in total. The van der Waals surface area contributed by atoms with Crippen LogP contribution in [0.4, 0.5) is 0 Å². The minimum atomic E-state index is 0.169. The van der Waals surface area contributed by atoms with Crippen LogP contribution < -0.4 is 10.1 Å². The second-order valence-corrected chi connectivity index (χ2v) is 4.52. The molecular weight excluding hydrogens is 242 g/mol. The first kappa shape index (κ1) is 13.5. The number of hydrogen-bond donors (Lipinski definition) is 1. The number of rotatable bonds is 6. The fourth-order valence-corrected chi connectivity index (χ4v) is 1.64. The maximum atomic E-state index is 5.57. The van der Waals surface area contributed by atoms with E-state index in [1.807, 2.05) is 37.4 Å². The normalized spacial score (nSPS) is 14.1. The van der Waals surface area contributed by atoms with Gasteiger partial charge in [-0.3, -0.25) is 0 Å². The van der Waals surface area contributed by atoms with E-state index < -0.39 is 0 Å².